The molecule has 0 radical (unpaired) electrons. The molecule has 5 heteroatoms. The van der Waals surface area contributed by atoms with Crippen LogP contribution in [0.3, 0.4) is 0 Å². The molecule has 0 heterocycles. The van der Waals surface area contributed by atoms with Crippen molar-refractivity contribution in [1.29, 1.82) is 0 Å². The maximum atomic E-state index is 11.1. The van der Waals surface area contributed by atoms with Crippen molar-refractivity contribution in [2.45, 2.75) is 26.4 Å². The monoisotopic (exact) mass is 348 g/mol. The zero-order valence-electron chi connectivity index (χ0n) is 12.0. The average molecular weight is 349 g/mol. The van der Waals surface area contributed by atoms with Crippen LogP contribution in [0, 0.1) is 17.0 Å². The molecule has 0 amide bonds. The Morgan fingerprint density at radius 3 is 2.71 bits per heavy atom. The maximum Gasteiger partial charge on any atom is 0.273 e. The number of nitrogens with one attached hydrogen (secondary N) is 1. The summed E-state index contributed by atoms with van der Waals surface area (Å²) in [6, 6.07) is 13.4. The Balaban J connectivity index is 2.12. The van der Waals surface area contributed by atoms with Gasteiger partial charge in [-0.15, -0.1) is 0 Å². The van der Waals surface area contributed by atoms with Crippen molar-refractivity contribution < 1.29 is 4.92 Å². The van der Waals surface area contributed by atoms with Crippen LogP contribution in [0.5, 0.6) is 0 Å². The largest absolute Gasteiger partial charge is 0.306 e. The molecule has 0 bridgehead atoms. The summed E-state index contributed by atoms with van der Waals surface area (Å²) < 4.78 is 0.841. The minimum Gasteiger partial charge on any atom is -0.306 e. The topological polar surface area (TPSA) is 55.2 Å². The van der Waals surface area contributed by atoms with Gasteiger partial charge in [0.1, 0.15) is 0 Å². The third-order valence-electron chi connectivity index (χ3n) is 3.38. The van der Waals surface area contributed by atoms with E-state index in [1.54, 1.807) is 12.1 Å². The Morgan fingerprint density at radius 1 is 1.29 bits per heavy atom. The summed E-state index contributed by atoms with van der Waals surface area (Å²) in [6.07, 6.45) is 0. The van der Waals surface area contributed by atoms with Gasteiger partial charge in [0, 0.05) is 28.7 Å². The molecule has 110 valence electrons. The van der Waals surface area contributed by atoms with E-state index in [1.807, 2.05) is 6.07 Å². The van der Waals surface area contributed by atoms with E-state index < -0.39 is 0 Å². The molecule has 2 aromatic carbocycles. The molecule has 0 aromatic heterocycles. The third-order valence-corrected chi connectivity index (χ3v) is 3.87. The zero-order valence-corrected chi connectivity index (χ0v) is 13.6. The van der Waals surface area contributed by atoms with Crippen molar-refractivity contribution in [1.82, 2.24) is 5.32 Å². The van der Waals surface area contributed by atoms with Gasteiger partial charge in [-0.1, -0.05) is 45.8 Å². The first-order valence-corrected chi connectivity index (χ1v) is 7.49. The number of hydrogen-bond acceptors (Lipinski definition) is 3. The van der Waals surface area contributed by atoms with Crippen LogP contribution in [0.4, 0.5) is 5.69 Å². The molecule has 0 spiro atoms. The highest BCUT2D eigenvalue weighted by atomic mass is 79.9. The van der Waals surface area contributed by atoms with Gasteiger partial charge in [0.15, 0.2) is 0 Å². The molecule has 0 saturated carbocycles. The number of rotatable bonds is 5. The summed E-state index contributed by atoms with van der Waals surface area (Å²) >= 11 is 3.36. The van der Waals surface area contributed by atoms with E-state index in [9.17, 15) is 10.1 Å². The maximum absolute atomic E-state index is 11.1. The van der Waals surface area contributed by atoms with E-state index in [1.165, 1.54) is 17.2 Å². The summed E-state index contributed by atoms with van der Waals surface area (Å²) in [5.74, 6) is 0. The standard InChI is InChI=1S/C16H17BrN2O2/c1-11-4-3-5-13(8-11)12(2)18-10-14-9-15(17)6-7-16(14)19(20)21/h3-9,12,18H,10H2,1-2H3/t12-/m1/s1. The van der Waals surface area contributed by atoms with E-state index >= 15 is 0 Å². The van der Waals surface area contributed by atoms with Gasteiger partial charge >= 0.3 is 0 Å². The number of nitro groups is 1. The average Bonchev–Trinajstić information content (AvgIpc) is 2.44. The summed E-state index contributed by atoms with van der Waals surface area (Å²) in [4.78, 5) is 10.7. The smallest absolute Gasteiger partial charge is 0.273 e. The van der Waals surface area contributed by atoms with Crippen LogP contribution in [-0.4, -0.2) is 4.92 Å². The predicted octanol–water partition coefficient (Wildman–Crippen LogP) is 4.52. The van der Waals surface area contributed by atoms with Crippen LogP contribution >= 0.6 is 15.9 Å². The van der Waals surface area contributed by atoms with E-state index in [0.29, 0.717) is 12.1 Å². The lowest BCUT2D eigenvalue weighted by Crippen LogP contribution is -2.18. The molecule has 2 rings (SSSR count). The second-order valence-corrected chi connectivity index (χ2v) is 5.96. The van der Waals surface area contributed by atoms with Crippen molar-refractivity contribution >= 4 is 21.6 Å². The van der Waals surface area contributed by atoms with Gasteiger partial charge in [-0.25, -0.2) is 0 Å². The second-order valence-electron chi connectivity index (χ2n) is 5.05. The SMILES string of the molecule is Cc1cccc([C@@H](C)NCc2cc(Br)ccc2[N+](=O)[O-])c1. The van der Waals surface area contributed by atoms with Crippen LogP contribution in [0.2, 0.25) is 0 Å². The van der Waals surface area contributed by atoms with Gasteiger partial charge in [0.2, 0.25) is 0 Å². The number of benzene rings is 2. The highest BCUT2D eigenvalue weighted by Crippen LogP contribution is 2.24. The normalized spacial score (nSPS) is 12.1. The molecule has 2 aromatic rings. The lowest BCUT2D eigenvalue weighted by Gasteiger charge is -2.15. The zero-order chi connectivity index (χ0) is 15.4. The fraction of sp³-hybridized carbons (Fsp3) is 0.250. The van der Waals surface area contributed by atoms with E-state index in [4.69, 9.17) is 0 Å². The van der Waals surface area contributed by atoms with Crippen LogP contribution in [-0.2, 0) is 6.54 Å². The van der Waals surface area contributed by atoms with Crippen LogP contribution in [0.15, 0.2) is 46.9 Å². The summed E-state index contributed by atoms with van der Waals surface area (Å²) in [5.41, 5.74) is 3.19. The molecule has 1 N–H and O–H groups in total. The number of hydrogen-bond donors (Lipinski definition) is 1. The number of nitrogens with zero attached hydrogens (tertiary/aromatic N) is 1. The van der Waals surface area contributed by atoms with Gasteiger partial charge in [-0.05, 0) is 31.5 Å². The first-order valence-electron chi connectivity index (χ1n) is 6.70. The van der Waals surface area contributed by atoms with Crippen molar-refractivity contribution in [3.05, 3.63) is 73.7 Å². The van der Waals surface area contributed by atoms with Crippen molar-refractivity contribution in [2.24, 2.45) is 0 Å². The third kappa shape index (κ3) is 4.12. The minimum atomic E-state index is -0.346. The molecule has 1 atom stereocenters. The molecule has 0 unspecified atom stereocenters. The molecule has 0 aliphatic heterocycles. The number of aryl methyl sites for hydroxylation is 1. The quantitative estimate of drug-likeness (QED) is 0.638. The van der Waals surface area contributed by atoms with Crippen LogP contribution in [0.1, 0.15) is 29.7 Å². The Labute approximate surface area is 132 Å². The molecule has 0 aliphatic carbocycles. The van der Waals surface area contributed by atoms with Crippen LogP contribution < -0.4 is 5.32 Å². The fourth-order valence-corrected chi connectivity index (χ4v) is 2.60. The summed E-state index contributed by atoms with van der Waals surface area (Å²) in [6.45, 7) is 4.55. The van der Waals surface area contributed by atoms with Gasteiger partial charge in [0.05, 0.1) is 4.92 Å². The lowest BCUT2D eigenvalue weighted by atomic mass is 10.1. The summed E-state index contributed by atoms with van der Waals surface area (Å²) in [5, 5.41) is 14.4. The Morgan fingerprint density at radius 2 is 2.05 bits per heavy atom. The van der Waals surface area contributed by atoms with Crippen LogP contribution in [0.25, 0.3) is 0 Å². The van der Waals surface area contributed by atoms with Gasteiger partial charge < -0.3 is 5.32 Å². The first kappa shape index (κ1) is 15.7. The first-order chi connectivity index (χ1) is 9.97. The molecule has 0 fully saturated rings. The van der Waals surface area contributed by atoms with Gasteiger partial charge in [-0.2, -0.15) is 0 Å². The minimum absolute atomic E-state index is 0.128. The molecule has 21 heavy (non-hydrogen) atoms. The number of nitro benzene ring substituents is 1. The number of halogens is 1. The van der Waals surface area contributed by atoms with Crippen molar-refractivity contribution in [3.63, 3.8) is 0 Å². The van der Waals surface area contributed by atoms with Crippen molar-refractivity contribution in [2.75, 3.05) is 0 Å². The molecule has 0 saturated heterocycles. The molecular weight excluding hydrogens is 332 g/mol. The van der Waals surface area contributed by atoms with E-state index in [2.05, 4.69) is 53.3 Å². The Kier molecular flexibility index (Phi) is 5.09. The van der Waals surface area contributed by atoms with Crippen molar-refractivity contribution in [3.8, 4) is 0 Å². The predicted molar refractivity (Wildman–Crippen MR) is 87.2 cm³/mol. The van der Waals surface area contributed by atoms with E-state index in [0.717, 1.165) is 4.47 Å². The highest BCUT2D eigenvalue weighted by Gasteiger charge is 2.14. The lowest BCUT2D eigenvalue weighted by molar-refractivity contribution is -0.385. The highest BCUT2D eigenvalue weighted by molar-refractivity contribution is 9.10. The fourth-order valence-electron chi connectivity index (χ4n) is 2.19. The molecule has 0 aliphatic rings. The van der Waals surface area contributed by atoms with Gasteiger partial charge in [-0.3, -0.25) is 10.1 Å². The Hall–Kier alpha value is -1.72. The van der Waals surface area contributed by atoms with E-state index in [-0.39, 0.29) is 16.7 Å². The molecular formula is C16H17BrN2O2. The summed E-state index contributed by atoms with van der Waals surface area (Å²) in [7, 11) is 0. The second kappa shape index (κ2) is 6.83. The Bertz CT molecular complexity index is 658. The van der Waals surface area contributed by atoms with Gasteiger partial charge in [0.25, 0.3) is 5.69 Å². The molecule has 4 nitrogen and oxygen atoms in total.